The third kappa shape index (κ3) is 3.22. The van der Waals surface area contributed by atoms with Crippen LogP contribution < -0.4 is 5.32 Å². The molecule has 0 fully saturated rings. The molecular formula is C14H10Br2FNO. The predicted molar refractivity (Wildman–Crippen MR) is 80.9 cm³/mol. The molecule has 0 radical (unpaired) electrons. The Morgan fingerprint density at radius 3 is 2.63 bits per heavy atom. The maximum atomic E-state index is 13.7. The number of halogens is 3. The Bertz CT molecular complexity index is 643. The van der Waals surface area contributed by atoms with Crippen LogP contribution in [0.25, 0.3) is 0 Å². The molecule has 0 atom stereocenters. The van der Waals surface area contributed by atoms with Gasteiger partial charge in [0.05, 0.1) is 5.69 Å². The number of anilines is 1. The molecule has 0 aromatic heterocycles. The van der Waals surface area contributed by atoms with Crippen LogP contribution in [0.5, 0.6) is 0 Å². The Hall–Kier alpha value is -1.20. The lowest BCUT2D eigenvalue weighted by molar-refractivity contribution is 0.102. The fourth-order valence-electron chi connectivity index (χ4n) is 1.63. The monoisotopic (exact) mass is 385 g/mol. The molecule has 2 aromatic carbocycles. The SMILES string of the molecule is Cc1c(Br)cccc1C(=O)Nc1ccc(Br)cc1F. The van der Waals surface area contributed by atoms with Gasteiger partial charge in [-0.25, -0.2) is 4.39 Å². The molecule has 19 heavy (non-hydrogen) atoms. The van der Waals surface area contributed by atoms with E-state index in [4.69, 9.17) is 0 Å². The number of rotatable bonds is 2. The zero-order valence-corrected chi connectivity index (χ0v) is 13.2. The molecule has 0 saturated carbocycles. The van der Waals surface area contributed by atoms with E-state index in [-0.39, 0.29) is 11.6 Å². The molecule has 0 unspecified atom stereocenters. The van der Waals surface area contributed by atoms with Crippen molar-refractivity contribution in [3.05, 3.63) is 62.3 Å². The molecule has 1 amide bonds. The average molecular weight is 387 g/mol. The fourth-order valence-corrected chi connectivity index (χ4v) is 2.33. The number of hydrogen-bond acceptors (Lipinski definition) is 1. The smallest absolute Gasteiger partial charge is 0.256 e. The van der Waals surface area contributed by atoms with E-state index in [0.29, 0.717) is 10.0 Å². The highest BCUT2D eigenvalue weighted by Crippen LogP contribution is 2.23. The summed E-state index contributed by atoms with van der Waals surface area (Å²) >= 11 is 6.53. The van der Waals surface area contributed by atoms with Gasteiger partial charge in [0.1, 0.15) is 5.82 Å². The van der Waals surface area contributed by atoms with E-state index in [1.807, 2.05) is 13.0 Å². The first-order valence-corrected chi connectivity index (χ1v) is 7.09. The minimum absolute atomic E-state index is 0.160. The van der Waals surface area contributed by atoms with Gasteiger partial charge in [-0.3, -0.25) is 4.79 Å². The Kier molecular flexibility index (Phi) is 4.37. The van der Waals surface area contributed by atoms with Crippen molar-refractivity contribution in [2.24, 2.45) is 0 Å². The van der Waals surface area contributed by atoms with Crippen molar-refractivity contribution in [1.82, 2.24) is 0 Å². The van der Waals surface area contributed by atoms with Crippen molar-refractivity contribution < 1.29 is 9.18 Å². The van der Waals surface area contributed by atoms with Gasteiger partial charge in [-0.05, 0) is 42.8 Å². The van der Waals surface area contributed by atoms with Crippen LogP contribution in [-0.4, -0.2) is 5.91 Å². The van der Waals surface area contributed by atoms with E-state index < -0.39 is 5.82 Å². The summed E-state index contributed by atoms with van der Waals surface area (Å²) in [5, 5.41) is 2.57. The number of amides is 1. The molecule has 5 heteroatoms. The molecule has 0 spiro atoms. The van der Waals surface area contributed by atoms with Gasteiger partial charge in [0.2, 0.25) is 0 Å². The van der Waals surface area contributed by atoms with Crippen LogP contribution in [0.3, 0.4) is 0 Å². The maximum absolute atomic E-state index is 13.7. The Morgan fingerprint density at radius 1 is 1.21 bits per heavy atom. The van der Waals surface area contributed by atoms with Crippen molar-refractivity contribution in [2.45, 2.75) is 6.92 Å². The number of benzene rings is 2. The quantitative estimate of drug-likeness (QED) is 0.780. The van der Waals surface area contributed by atoms with Gasteiger partial charge in [0, 0.05) is 14.5 Å². The molecule has 0 aliphatic carbocycles. The van der Waals surface area contributed by atoms with E-state index in [1.54, 1.807) is 18.2 Å². The Morgan fingerprint density at radius 2 is 1.95 bits per heavy atom. The zero-order valence-electron chi connectivity index (χ0n) is 10.0. The van der Waals surface area contributed by atoms with Crippen LogP contribution in [0, 0.1) is 12.7 Å². The molecule has 0 bridgehead atoms. The van der Waals surface area contributed by atoms with Gasteiger partial charge in [0.15, 0.2) is 0 Å². The van der Waals surface area contributed by atoms with Gasteiger partial charge >= 0.3 is 0 Å². The molecular weight excluding hydrogens is 377 g/mol. The summed E-state index contributed by atoms with van der Waals surface area (Å²) in [5.41, 5.74) is 1.49. The van der Waals surface area contributed by atoms with E-state index in [2.05, 4.69) is 37.2 Å². The fraction of sp³-hybridized carbons (Fsp3) is 0.0714. The van der Waals surface area contributed by atoms with Crippen molar-refractivity contribution in [1.29, 1.82) is 0 Å². The average Bonchev–Trinajstić information content (AvgIpc) is 2.36. The highest BCUT2D eigenvalue weighted by atomic mass is 79.9. The molecule has 2 nitrogen and oxygen atoms in total. The highest BCUT2D eigenvalue weighted by molar-refractivity contribution is 9.10. The summed E-state index contributed by atoms with van der Waals surface area (Å²) in [7, 11) is 0. The standard InChI is InChI=1S/C14H10Br2FNO/c1-8-10(3-2-4-11(8)16)14(19)18-13-6-5-9(15)7-12(13)17/h2-7H,1H3,(H,18,19). The topological polar surface area (TPSA) is 29.1 Å². The molecule has 2 aromatic rings. The second kappa shape index (κ2) is 5.84. The van der Waals surface area contributed by atoms with Crippen LogP contribution in [0.4, 0.5) is 10.1 Å². The van der Waals surface area contributed by atoms with Crippen molar-refractivity contribution in [3.63, 3.8) is 0 Å². The maximum Gasteiger partial charge on any atom is 0.256 e. The number of nitrogens with one attached hydrogen (secondary N) is 1. The van der Waals surface area contributed by atoms with Gasteiger partial charge in [0.25, 0.3) is 5.91 Å². The molecule has 1 N–H and O–H groups in total. The van der Waals surface area contributed by atoms with Crippen LogP contribution >= 0.6 is 31.9 Å². The third-order valence-corrected chi connectivity index (χ3v) is 4.04. The van der Waals surface area contributed by atoms with Crippen LogP contribution in [0.15, 0.2) is 45.3 Å². The molecule has 98 valence electrons. The van der Waals surface area contributed by atoms with E-state index in [9.17, 15) is 9.18 Å². The summed E-state index contributed by atoms with van der Waals surface area (Å²) in [4.78, 5) is 12.1. The first-order chi connectivity index (χ1) is 8.99. The summed E-state index contributed by atoms with van der Waals surface area (Å²) in [6.45, 7) is 1.83. The van der Waals surface area contributed by atoms with E-state index >= 15 is 0 Å². The first kappa shape index (κ1) is 14.2. The van der Waals surface area contributed by atoms with Gasteiger partial charge < -0.3 is 5.32 Å². The molecule has 0 saturated heterocycles. The minimum atomic E-state index is -0.477. The Labute approximate surface area is 127 Å². The lowest BCUT2D eigenvalue weighted by atomic mass is 10.1. The zero-order chi connectivity index (χ0) is 14.0. The normalized spacial score (nSPS) is 10.3. The number of carbonyl (C=O) groups excluding carboxylic acids is 1. The molecule has 0 aliphatic heterocycles. The second-order valence-electron chi connectivity index (χ2n) is 3.99. The third-order valence-electron chi connectivity index (χ3n) is 2.69. The lowest BCUT2D eigenvalue weighted by Crippen LogP contribution is -2.14. The minimum Gasteiger partial charge on any atom is -0.319 e. The largest absolute Gasteiger partial charge is 0.319 e. The van der Waals surface area contributed by atoms with Gasteiger partial charge in [-0.2, -0.15) is 0 Å². The van der Waals surface area contributed by atoms with Crippen LogP contribution in [0.1, 0.15) is 15.9 Å². The van der Waals surface area contributed by atoms with E-state index in [1.165, 1.54) is 12.1 Å². The van der Waals surface area contributed by atoms with Gasteiger partial charge in [-0.15, -0.1) is 0 Å². The number of carbonyl (C=O) groups is 1. The van der Waals surface area contributed by atoms with Crippen LogP contribution in [0.2, 0.25) is 0 Å². The van der Waals surface area contributed by atoms with Crippen molar-refractivity contribution in [3.8, 4) is 0 Å². The highest BCUT2D eigenvalue weighted by Gasteiger charge is 2.13. The lowest BCUT2D eigenvalue weighted by Gasteiger charge is -2.09. The molecule has 0 heterocycles. The summed E-state index contributed by atoms with van der Waals surface area (Å²) in [6, 6.07) is 9.82. The predicted octanol–water partition coefficient (Wildman–Crippen LogP) is 4.91. The second-order valence-corrected chi connectivity index (χ2v) is 5.76. The van der Waals surface area contributed by atoms with Gasteiger partial charge in [-0.1, -0.05) is 37.9 Å². The summed E-state index contributed by atoms with van der Waals surface area (Å²) in [5.74, 6) is -0.810. The molecule has 0 aliphatic rings. The van der Waals surface area contributed by atoms with Crippen molar-refractivity contribution in [2.75, 3.05) is 5.32 Å². The van der Waals surface area contributed by atoms with Crippen molar-refractivity contribution >= 4 is 43.5 Å². The summed E-state index contributed by atoms with van der Waals surface area (Å²) in [6.07, 6.45) is 0. The summed E-state index contributed by atoms with van der Waals surface area (Å²) < 4.78 is 15.1. The number of hydrogen-bond donors (Lipinski definition) is 1. The first-order valence-electron chi connectivity index (χ1n) is 5.50. The van der Waals surface area contributed by atoms with Crippen LogP contribution in [-0.2, 0) is 0 Å². The molecule has 2 rings (SSSR count). The van der Waals surface area contributed by atoms with E-state index in [0.717, 1.165) is 10.0 Å². The Balaban J connectivity index is 2.28.